The molecule has 0 aromatic heterocycles. The summed E-state index contributed by atoms with van der Waals surface area (Å²) in [5.74, 6) is 0. The third kappa shape index (κ3) is 6.78. The van der Waals surface area contributed by atoms with Crippen LogP contribution >= 0.6 is 0 Å². The molecule has 0 fully saturated rings. The van der Waals surface area contributed by atoms with E-state index in [9.17, 15) is 0 Å². The maximum atomic E-state index is 4.57. The average molecular weight is 443 g/mol. The minimum absolute atomic E-state index is 0.885. The maximum Gasteiger partial charge on any atom is 0.0631 e. The minimum Gasteiger partial charge on any atom is -0.262 e. The first-order valence-electron chi connectivity index (χ1n) is 11.2. The summed E-state index contributed by atoms with van der Waals surface area (Å²) in [6, 6.07) is 32.1. The van der Waals surface area contributed by atoms with E-state index in [0.717, 1.165) is 39.4 Å². The molecule has 34 heavy (non-hydrogen) atoms. The third-order valence-electron chi connectivity index (χ3n) is 5.08. The predicted molar refractivity (Wildman–Crippen MR) is 146 cm³/mol. The molecule has 0 aliphatic rings. The van der Waals surface area contributed by atoms with Gasteiger partial charge in [0.15, 0.2) is 0 Å². The summed E-state index contributed by atoms with van der Waals surface area (Å²) in [5, 5.41) is 0. The van der Waals surface area contributed by atoms with Gasteiger partial charge in [0.2, 0.25) is 0 Å². The van der Waals surface area contributed by atoms with E-state index in [0.29, 0.717) is 0 Å². The number of benzene rings is 4. The van der Waals surface area contributed by atoms with Gasteiger partial charge in [-0.05, 0) is 79.1 Å². The molecule has 0 spiro atoms. The largest absolute Gasteiger partial charge is 0.262 e. The van der Waals surface area contributed by atoms with Crippen molar-refractivity contribution in [3.8, 4) is 0 Å². The Bertz CT molecular complexity index is 1310. The molecule has 0 radical (unpaired) electrons. The van der Waals surface area contributed by atoms with Gasteiger partial charge in [0.05, 0.1) is 22.7 Å². The van der Waals surface area contributed by atoms with E-state index in [1.54, 1.807) is 6.21 Å². The van der Waals surface area contributed by atoms with E-state index < -0.39 is 0 Å². The molecule has 4 nitrogen and oxygen atoms in total. The third-order valence-corrected chi connectivity index (χ3v) is 5.08. The molecule has 4 aromatic rings. The van der Waals surface area contributed by atoms with Gasteiger partial charge in [-0.3, -0.25) is 20.0 Å². The van der Waals surface area contributed by atoms with Crippen LogP contribution in [-0.4, -0.2) is 24.9 Å². The lowest BCUT2D eigenvalue weighted by molar-refractivity contribution is 1.45. The van der Waals surface area contributed by atoms with E-state index in [-0.39, 0.29) is 0 Å². The molecule has 166 valence electrons. The Morgan fingerprint density at radius 1 is 0.412 bits per heavy atom. The minimum atomic E-state index is 0.885. The summed E-state index contributed by atoms with van der Waals surface area (Å²) in [5.41, 5.74) is 7.99. The average Bonchev–Trinajstić information content (AvgIpc) is 2.88. The highest BCUT2D eigenvalue weighted by Crippen LogP contribution is 2.20. The molecule has 0 amide bonds. The lowest BCUT2D eigenvalue weighted by atomic mass is 10.1. The van der Waals surface area contributed by atoms with Crippen molar-refractivity contribution in [1.29, 1.82) is 0 Å². The lowest BCUT2D eigenvalue weighted by Crippen LogP contribution is -1.84. The molecule has 0 saturated heterocycles. The second-order valence-electron chi connectivity index (χ2n) is 7.77. The molecular weight excluding hydrogens is 416 g/mol. The summed E-state index contributed by atoms with van der Waals surface area (Å²) in [6.45, 7) is 3.98. The standard InChI is InChI=1S/C30H26N4/c1-3-31-27-12-14-28(15-13-27)33-21-25-8-10-26(11-9-25)22-34-30-18-16-29(17-19-30)32-20-24-6-4-23(2)5-7-24/h3-22H,1-2H3. The number of aliphatic imine (C=N–C) groups is 4. The van der Waals surface area contributed by atoms with Crippen molar-refractivity contribution in [3.63, 3.8) is 0 Å². The molecule has 0 aliphatic carbocycles. The molecule has 0 heterocycles. The highest BCUT2D eigenvalue weighted by atomic mass is 14.7. The Balaban J connectivity index is 1.34. The number of rotatable bonds is 7. The maximum absolute atomic E-state index is 4.57. The van der Waals surface area contributed by atoms with Crippen LogP contribution in [0.3, 0.4) is 0 Å². The van der Waals surface area contributed by atoms with Crippen molar-refractivity contribution in [1.82, 2.24) is 0 Å². The fraction of sp³-hybridized carbons (Fsp3) is 0.0667. The fourth-order valence-corrected chi connectivity index (χ4v) is 3.17. The van der Waals surface area contributed by atoms with Gasteiger partial charge < -0.3 is 0 Å². The van der Waals surface area contributed by atoms with Crippen molar-refractivity contribution in [2.75, 3.05) is 0 Å². The van der Waals surface area contributed by atoms with Crippen LogP contribution < -0.4 is 0 Å². The molecule has 0 N–H and O–H groups in total. The van der Waals surface area contributed by atoms with Gasteiger partial charge in [0.1, 0.15) is 0 Å². The summed E-state index contributed by atoms with van der Waals surface area (Å²) in [4.78, 5) is 17.9. The summed E-state index contributed by atoms with van der Waals surface area (Å²) < 4.78 is 0. The first-order chi connectivity index (χ1) is 16.7. The highest BCUT2D eigenvalue weighted by Gasteiger charge is 1.95. The Morgan fingerprint density at radius 3 is 1.03 bits per heavy atom. The van der Waals surface area contributed by atoms with Gasteiger partial charge in [-0.1, -0.05) is 54.1 Å². The summed E-state index contributed by atoms with van der Waals surface area (Å²) in [7, 11) is 0. The van der Waals surface area contributed by atoms with Crippen LogP contribution in [0, 0.1) is 6.92 Å². The van der Waals surface area contributed by atoms with Crippen molar-refractivity contribution >= 4 is 47.6 Å². The fourth-order valence-electron chi connectivity index (χ4n) is 3.17. The molecule has 0 atom stereocenters. The molecule has 0 unspecified atom stereocenters. The number of hydrogen-bond donors (Lipinski definition) is 0. The van der Waals surface area contributed by atoms with Crippen LogP contribution in [0.5, 0.6) is 0 Å². The van der Waals surface area contributed by atoms with E-state index in [1.165, 1.54) is 5.56 Å². The monoisotopic (exact) mass is 442 g/mol. The Kier molecular flexibility index (Phi) is 7.65. The number of nitrogens with zero attached hydrogens (tertiary/aromatic N) is 4. The van der Waals surface area contributed by atoms with Crippen molar-refractivity contribution < 1.29 is 0 Å². The normalized spacial score (nSPS) is 11.9. The van der Waals surface area contributed by atoms with Crippen LogP contribution in [0.25, 0.3) is 0 Å². The molecular formula is C30H26N4. The van der Waals surface area contributed by atoms with Crippen molar-refractivity contribution in [2.24, 2.45) is 20.0 Å². The second-order valence-corrected chi connectivity index (χ2v) is 7.77. The van der Waals surface area contributed by atoms with Crippen LogP contribution in [-0.2, 0) is 0 Å². The van der Waals surface area contributed by atoms with Gasteiger partial charge >= 0.3 is 0 Å². The molecule has 4 heteroatoms. The van der Waals surface area contributed by atoms with E-state index in [4.69, 9.17) is 0 Å². The summed E-state index contributed by atoms with van der Waals surface area (Å²) in [6.07, 6.45) is 7.37. The molecule has 0 aliphatic heterocycles. The summed E-state index contributed by atoms with van der Waals surface area (Å²) >= 11 is 0. The zero-order valence-electron chi connectivity index (χ0n) is 19.3. The first-order valence-corrected chi connectivity index (χ1v) is 11.2. The highest BCUT2D eigenvalue weighted by molar-refractivity contribution is 5.86. The molecule has 4 rings (SSSR count). The van der Waals surface area contributed by atoms with Gasteiger partial charge in [-0.25, -0.2) is 0 Å². The van der Waals surface area contributed by atoms with Crippen LogP contribution in [0.1, 0.15) is 29.2 Å². The smallest absolute Gasteiger partial charge is 0.0631 e. The van der Waals surface area contributed by atoms with Gasteiger partial charge in [0, 0.05) is 24.9 Å². The van der Waals surface area contributed by atoms with Gasteiger partial charge in [0.25, 0.3) is 0 Å². The first kappa shape index (κ1) is 22.7. The van der Waals surface area contributed by atoms with E-state index >= 15 is 0 Å². The van der Waals surface area contributed by atoms with Crippen LogP contribution in [0.2, 0.25) is 0 Å². The number of aryl methyl sites for hydroxylation is 1. The SMILES string of the molecule is CC=Nc1ccc(N=Cc2ccc(C=Nc3ccc(N=Cc4ccc(C)cc4)cc3)cc2)cc1. The molecule has 4 aromatic carbocycles. The Hall–Kier alpha value is -4.44. The van der Waals surface area contributed by atoms with Gasteiger partial charge in [-0.15, -0.1) is 0 Å². The zero-order chi connectivity index (χ0) is 23.6. The van der Waals surface area contributed by atoms with E-state index in [2.05, 4.69) is 51.2 Å². The van der Waals surface area contributed by atoms with E-state index in [1.807, 2.05) is 98.4 Å². The zero-order valence-corrected chi connectivity index (χ0v) is 19.3. The Morgan fingerprint density at radius 2 is 0.706 bits per heavy atom. The van der Waals surface area contributed by atoms with Crippen molar-refractivity contribution in [2.45, 2.75) is 13.8 Å². The second kappa shape index (κ2) is 11.4. The van der Waals surface area contributed by atoms with Crippen molar-refractivity contribution in [3.05, 3.63) is 119 Å². The predicted octanol–water partition coefficient (Wildman–Crippen LogP) is 7.97. The molecule has 0 bridgehead atoms. The van der Waals surface area contributed by atoms with Gasteiger partial charge in [-0.2, -0.15) is 0 Å². The van der Waals surface area contributed by atoms with Crippen LogP contribution in [0.4, 0.5) is 22.7 Å². The van der Waals surface area contributed by atoms with Crippen LogP contribution in [0.15, 0.2) is 117 Å². The Labute approximate surface area is 200 Å². The molecule has 0 saturated carbocycles. The number of hydrogen-bond acceptors (Lipinski definition) is 4. The topological polar surface area (TPSA) is 49.4 Å². The quantitative estimate of drug-likeness (QED) is 0.261. The lowest BCUT2D eigenvalue weighted by Gasteiger charge is -1.99.